The number of ether oxygens (including phenoxy) is 1. The first-order valence-corrected chi connectivity index (χ1v) is 4.77. The molecule has 0 saturated carbocycles. The van der Waals surface area contributed by atoms with Gasteiger partial charge in [0.15, 0.2) is 0 Å². The van der Waals surface area contributed by atoms with Gasteiger partial charge in [-0.3, -0.25) is 0 Å². The summed E-state index contributed by atoms with van der Waals surface area (Å²) < 4.78 is 5.14. The number of benzene rings is 1. The minimum Gasteiger partial charge on any atom is -0.496 e. The van der Waals surface area contributed by atoms with Crippen LogP contribution >= 0.6 is 0 Å². The number of aliphatic hydroxyl groups is 1. The summed E-state index contributed by atoms with van der Waals surface area (Å²) in [5, 5.41) is 9.16. The summed E-state index contributed by atoms with van der Waals surface area (Å²) in [4.78, 5) is 0. The molecule has 1 aromatic rings. The fraction of sp³-hybridized carbons (Fsp3) is 0.500. The zero-order valence-electron chi connectivity index (χ0n) is 9.29. The van der Waals surface area contributed by atoms with Crippen LogP contribution < -0.4 is 4.74 Å². The first-order chi connectivity index (χ1) is 6.49. The predicted octanol–water partition coefficient (Wildman–Crippen LogP) is 2.49. The van der Waals surface area contributed by atoms with Crippen LogP contribution in [0.25, 0.3) is 0 Å². The van der Waals surface area contributed by atoms with Gasteiger partial charge in [-0.2, -0.15) is 0 Å². The average Bonchev–Trinajstić information content (AvgIpc) is 2.15. The number of hydrogen-bond acceptors (Lipinski definition) is 2. The average molecular weight is 194 g/mol. The molecule has 0 spiro atoms. The van der Waals surface area contributed by atoms with Gasteiger partial charge in [0.05, 0.1) is 13.7 Å². The van der Waals surface area contributed by atoms with Crippen LogP contribution in [0.3, 0.4) is 0 Å². The Bertz CT molecular complexity index is 311. The van der Waals surface area contributed by atoms with Gasteiger partial charge in [-0.15, -0.1) is 0 Å². The second kappa shape index (κ2) is 4.01. The largest absolute Gasteiger partial charge is 0.496 e. The monoisotopic (exact) mass is 194 g/mol. The van der Waals surface area contributed by atoms with Crippen LogP contribution in [-0.4, -0.2) is 12.2 Å². The molecule has 0 atom stereocenters. The summed E-state index contributed by atoms with van der Waals surface area (Å²) >= 11 is 0. The number of methoxy groups -OCH3 is 1. The van der Waals surface area contributed by atoms with Gasteiger partial charge in [-0.1, -0.05) is 26.8 Å². The van der Waals surface area contributed by atoms with Crippen LogP contribution in [-0.2, 0) is 12.0 Å². The van der Waals surface area contributed by atoms with Crippen LogP contribution in [0.1, 0.15) is 31.9 Å². The van der Waals surface area contributed by atoms with E-state index >= 15 is 0 Å². The molecule has 0 unspecified atom stereocenters. The summed E-state index contributed by atoms with van der Waals surface area (Å²) in [7, 11) is 1.62. The molecular formula is C12H18O2. The summed E-state index contributed by atoms with van der Waals surface area (Å²) in [5.41, 5.74) is 2.16. The van der Waals surface area contributed by atoms with Crippen molar-refractivity contribution in [3.63, 3.8) is 0 Å². The van der Waals surface area contributed by atoms with Crippen LogP contribution in [0, 0.1) is 0 Å². The number of hydrogen-bond donors (Lipinski definition) is 1. The molecule has 2 nitrogen and oxygen atoms in total. The molecule has 1 aromatic carbocycles. The lowest BCUT2D eigenvalue weighted by Crippen LogP contribution is -2.11. The second-order valence-corrected chi connectivity index (χ2v) is 4.43. The maximum absolute atomic E-state index is 9.16. The van der Waals surface area contributed by atoms with Crippen molar-refractivity contribution in [1.29, 1.82) is 0 Å². The standard InChI is InChI=1S/C12H18O2/c1-12(2,3)10-5-6-11(14-4)9(7-10)8-13/h5-7,13H,8H2,1-4H3. The predicted molar refractivity (Wildman–Crippen MR) is 57.6 cm³/mol. The molecule has 14 heavy (non-hydrogen) atoms. The van der Waals surface area contributed by atoms with Gasteiger partial charge in [-0.05, 0) is 23.1 Å². The summed E-state index contributed by atoms with van der Waals surface area (Å²) in [6.45, 7) is 6.47. The highest BCUT2D eigenvalue weighted by atomic mass is 16.5. The van der Waals surface area contributed by atoms with Crippen molar-refractivity contribution < 1.29 is 9.84 Å². The Morgan fingerprint density at radius 3 is 2.36 bits per heavy atom. The van der Waals surface area contributed by atoms with Gasteiger partial charge in [0, 0.05) is 5.56 Å². The van der Waals surface area contributed by atoms with Gasteiger partial charge in [0.1, 0.15) is 5.75 Å². The summed E-state index contributed by atoms with van der Waals surface area (Å²) in [5.74, 6) is 0.750. The Labute approximate surface area is 85.5 Å². The minimum absolute atomic E-state index is 0.0209. The highest BCUT2D eigenvalue weighted by molar-refractivity contribution is 5.39. The molecule has 78 valence electrons. The highest BCUT2D eigenvalue weighted by Crippen LogP contribution is 2.27. The smallest absolute Gasteiger partial charge is 0.124 e. The van der Waals surface area contributed by atoms with E-state index in [1.54, 1.807) is 7.11 Å². The molecule has 2 heteroatoms. The van der Waals surface area contributed by atoms with Crippen molar-refractivity contribution in [3.8, 4) is 5.75 Å². The topological polar surface area (TPSA) is 29.5 Å². The van der Waals surface area contributed by atoms with E-state index in [2.05, 4.69) is 20.8 Å². The SMILES string of the molecule is COc1ccc(C(C)(C)C)cc1CO. The van der Waals surface area contributed by atoms with Gasteiger partial charge < -0.3 is 9.84 Å². The number of rotatable bonds is 2. The quantitative estimate of drug-likeness (QED) is 0.783. The summed E-state index contributed by atoms with van der Waals surface area (Å²) in [6, 6.07) is 5.95. The maximum Gasteiger partial charge on any atom is 0.124 e. The Morgan fingerprint density at radius 1 is 1.29 bits per heavy atom. The van der Waals surface area contributed by atoms with Gasteiger partial charge in [0.2, 0.25) is 0 Å². The minimum atomic E-state index is 0.0209. The Hall–Kier alpha value is -1.02. The lowest BCUT2D eigenvalue weighted by Gasteiger charge is -2.20. The summed E-state index contributed by atoms with van der Waals surface area (Å²) in [6.07, 6.45) is 0. The van der Waals surface area contributed by atoms with Crippen molar-refractivity contribution in [3.05, 3.63) is 29.3 Å². The second-order valence-electron chi connectivity index (χ2n) is 4.43. The molecule has 0 aliphatic heterocycles. The molecule has 0 fully saturated rings. The van der Waals surface area contributed by atoms with E-state index in [0.717, 1.165) is 11.3 Å². The normalized spacial score (nSPS) is 11.5. The van der Waals surface area contributed by atoms with Gasteiger partial charge in [-0.25, -0.2) is 0 Å². The molecule has 0 aromatic heterocycles. The lowest BCUT2D eigenvalue weighted by atomic mass is 9.86. The van der Waals surface area contributed by atoms with Crippen molar-refractivity contribution in [1.82, 2.24) is 0 Å². The van der Waals surface area contributed by atoms with Crippen LogP contribution in [0.5, 0.6) is 5.75 Å². The first-order valence-electron chi connectivity index (χ1n) is 4.77. The lowest BCUT2D eigenvalue weighted by molar-refractivity contribution is 0.273. The maximum atomic E-state index is 9.16. The van der Waals surface area contributed by atoms with Crippen molar-refractivity contribution in [2.75, 3.05) is 7.11 Å². The first kappa shape index (κ1) is 11.1. The van der Waals surface area contributed by atoms with Crippen molar-refractivity contribution in [2.45, 2.75) is 32.8 Å². The third kappa shape index (κ3) is 2.26. The molecule has 0 saturated heterocycles. The van der Waals surface area contributed by atoms with Crippen LogP contribution in [0.2, 0.25) is 0 Å². The molecule has 0 amide bonds. The Kier molecular flexibility index (Phi) is 3.17. The van der Waals surface area contributed by atoms with Gasteiger partial charge >= 0.3 is 0 Å². The van der Waals surface area contributed by atoms with E-state index in [1.807, 2.05) is 18.2 Å². The molecule has 0 bridgehead atoms. The van der Waals surface area contributed by atoms with Crippen molar-refractivity contribution in [2.24, 2.45) is 0 Å². The van der Waals surface area contributed by atoms with Gasteiger partial charge in [0.25, 0.3) is 0 Å². The van der Waals surface area contributed by atoms with E-state index in [1.165, 1.54) is 5.56 Å². The fourth-order valence-corrected chi connectivity index (χ4v) is 1.37. The molecule has 1 N–H and O–H groups in total. The Balaban J connectivity index is 3.14. The molecular weight excluding hydrogens is 176 g/mol. The van der Waals surface area contributed by atoms with Crippen LogP contribution in [0.4, 0.5) is 0 Å². The molecule has 0 heterocycles. The van der Waals surface area contributed by atoms with Crippen molar-refractivity contribution >= 4 is 0 Å². The number of aliphatic hydroxyl groups excluding tert-OH is 1. The molecule has 0 aliphatic carbocycles. The zero-order valence-corrected chi connectivity index (χ0v) is 9.29. The van der Waals surface area contributed by atoms with E-state index in [9.17, 15) is 0 Å². The molecule has 0 aliphatic rings. The zero-order chi connectivity index (χ0) is 10.8. The third-order valence-electron chi connectivity index (χ3n) is 2.32. The van der Waals surface area contributed by atoms with Crippen LogP contribution in [0.15, 0.2) is 18.2 Å². The van der Waals surface area contributed by atoms with E-state index in [4.69, 9.17) is 9.84 Å². The molecule has 0 radical (unpaired) electrons. The molecule has 1 rings (SSSR count). The fourth-order valence-electron chi connectivity index (χ4n) is 1.37. The highest BCUT2D eigenvalue weighted by Gasteiger charge is 2.15. The van der Waals surface area contributed by atoms with E-state index in [-0.39, 0.29) is 12.0 Å². The Morgan fingerprint density at radius 2 is 1.93 bits per heavy atom. The van der Waals surface area contributed by atoms with E-state index < -0.39 is 0 Å². The third-order valence-corrected chi connectivity index (χ3v) is 2.32. The van der Waals surface area contributed by atoms with E-state index in [0.29, 0.717) is 0 Å².